The Hall–Kier alpha value is -3.80. The van der Waals surface area contributed by atoms with E-state index in [1.165, 1.54) is 0 Å². The highest BCUT2D eigenvalue weighted by Crippen LogP contribution is 2.32. The van der Waals surface area contributed by atoms with E-state index in [4.69, 9.17) is 16.9 Å². The van der Waals surface area contributed by atoms with Gasteiger partial charge in [0.25, 0.3) is 0 Å². The van der Waals surface area contributed by atoms with Crippen LogP contribution in [0.5, 0.6) is 0 Å². The van der Waals surface area contributed by atoms with E-state index >= 15 is 0 Å². The van der Waals surface area contributed by atoms with Gasteiger partial charge >= 0.3 is 0 Å². The van der Waals surface area contributed by atoms with Gasteiger partial charge in [0.15, 0.2) is 5.82 Å². The van der Waals surface area contributed by atoms with Crippen molar-refractivity contribution in [1.29, 1.82) is 5.41 Å². The molecule has 0 amide bonds. The van der Waals surface area contributed by atoms with E-state index < -0.39 is 0 Å². The molecule has 0 bridgehead atoms. The van der Waals surface area contributed by atoms with Gasteiger partial charge in [-0.15, -0.1) is 0 Å². The second-order valence-corrected chi connectivity index (χ2v) is 5.89. The first kappa shape index (κ1) is 15.7. The molecular formula is C20H16N6. The van der Waals surface area contributed by atoms with Crippen molar-refractivity contribution < 1.29 is 0 Å². The van der Waals surface area contributed by atoms with Crippen molar-refractivity contribution in [2.24, 2.45) is 5.73 Å². The van der Waals surface area contributed by atoms with Gasteiger partial charge in [-0.3, -0.25) is 5.41 Å². The maximum Gasteiger partial charge on any atom is 0.159 e. The number of pyridine rings is 1. The van der Waals surface area contributed by atoms with Crippen LogP contribution in [0.4, 0.5) is 5.82 Å². The van der Waals surface area contributed by atoms with Gasteiger partial charge in [0.2, 0.25) is 0 Å². The van der Waals surface area contributed by atoms with Gasteiger partial charge in [0, 0.05) is 46.2 Å². The number of nitrogens with zero attached hydrogens (tertiary/aromatic N) is 3. The molecule has 4 rings (SSSR count). The Balaban J connectivity index is 1.75. The quantitative estimate of drug-likeness (QED) is 0.391. The van der Waals surface area contributed by atoms with E-state index in [-0.39, 0.29) is 5.84 Å². The Labute approximate surface area is 150 Å². The summed E-state index contributed by atoms with van der Waals surface area (Å²) in [4.78, 5) is 13.2. The minimum Gasteiger partial charge on any atom is -0.384 e. The zero-order valence-electron chi connectivity index (χ0n) is 13.8. The molecule has 6 heteroatoms. The average Bonchev–Trinajstić information content (AvgIpc) is 2.68. The molecule has 0 radical (unpaired) electrons. The molecule has 4 aromatic rings. The summed E-state index contributed by atoms with van der Waals surface area (Å²) in [5, 5.41) is 9.48. The van der Waals surface area contributed by atoms with Crippen molar-refractivity contribution in [3.05, 3.63) is 72.7 Å². The number of rotatable bonds is 3. The van der Waals surface area contributed by atoms with Gasteiger partial charge in [-0.1, -0.05) is 48.5 Å². The zero-order chi connectivity index (χ0) is 18.1. The van der Waals surface area contributed by atoms with Gasteiger partial charge in [0.1, 0.15) is 11.7 Å². The van der Waals surface area contributed by atoms with Crippen molar-refractivity contribution in [3.8, 4) is 22.5 Å². The highest BCUT2D eigenvalue weighted by atomic mass is 14.9. The van der Waals surface area contributed by atoms with Gasteiger partial charge in [0.05, 0.1) is 0 Å². The van der Waals surface area contributed by atoms with Crippen LogP contribution in [0, 0.1) is 5.41 Å². The second-order valence-electron chi connectivity index (χ2n) is 5.89. The molecule has 0 spiro atoms. The van der Waals surface area contributed by atoms with Crippen molar-refractivity contribution in [2.75, 3.05) is 5.73 Å². The number of nitrogens with two attached hydrogens (primary N) is 2. The molecule has 0 atom stereocenters. The highest BCUT2D eigenvalue weighted by Gasteiger charge is 2.11. The summed E-state index contributed by atoms with van der Waals surface area (Å²) in [5.41, 5.74) is 14.8. The van der Waals surface area contributed by atoms with Crippen LogP contribution in [0.25, 0.3) is 33.3 Å². The van der Waals surface area contributed by atoms with Gasteiger partial charge in [-0.2, -0.15) is 0 Å². The number of amidine groups is 1. The maximum atomic E-state index is 7.45. The smallest absolute Gasteiger partial charge is 0.159 e. The lowest BCUT2D eigenvalue weighted by atomic mass is 10.0. The number of anilines is 1. The first-order chi connectivity index (χ1) is 12.6. The minimum absolute atomic E-state index is 0.0340. The van der Waals surface area contributed by atoms with Crippen LogP contribution in [-0.2, 0) is 0 Å². The van der Waals surface area contributed by atoms with E-state index in [0.29, 0.717) is 17.2 Å². The van der Waals surface area contributed by atoms with E-state index in [9.17, 15) is 0 Å². The van der Waals surface area contributed by atoms with Crippen LogP contribution in [0.15, 0.2) is 67.1 Å². The lowest BCUT2D eigenvalue weighted by Crippen LogP contribution is -2.10. The molecule has 2 aromatic carbocycles. The van der Waals surface area contributed by atoms with Crippen LogP contribution < -0.4 is 11.5 Å². The molecule has 0 aliphatic carbocycles. The Morgan fingerprint density at radius 3 is 2.19 bits per heavy atom. The van der Waals surface area contributed by atoms with Crippen LogP contribution in [0.1, 0.15) is 5.56 Å². The maximum absolute atomic E-state index is 7.45. The Kier molecular flexibility index (Phi) is 3.78. The van der Waals surface area contributed by atoms with E-state index in [1.54, 1.807) is 30.7 Å². The molecule has 26 heavy (non-hydrogen) atoms. The first-order valence-electron chi connectivity index (χ1n) is 8.04. The fourth-order valence-corrected chi connectivity index (χ4v) is 2.89. The third-order valence-electron chi connectivity index (χ3n) is 4.22. The van der Waals surface area contributed by atoms with Crippen molar-refractivity contribution in [1.82, 2.24) is 15.0 Å². The third kappa shape index (κ3) is 2.73. The van der Waals surface area contributed by atoms with Crippen molar-refractivity contribution in [2.45, 2.75) is 0 Å². The number of nitrogens with one attached hydrogen (secondary N) is 1. The molecule has 2 aromatic heterocycles. The number of benzene rings is 2. The Morgan fingerprint density at radius 1 is 0.808 bits per heavy atom. The SMILES string of the molecule is N=C(N)c1ccc(-c2ncc(-c3c(N)ncc4ccccc34)cn2)cc1. The lowest BCUT2D eigenvalue weighted by Gasteiger charge is -2.09. The molecule has 6 nitrogen and oxygen atoms in total. The molecule has 126 valence electrons. The topological polar surface area (TPSA) is 115 Å². The Bertz CT molecular complexity index is 1100. The van der Waals surface area contributed by atoms with Crippen LogP contribution in [-0.4, -0.2) is 20.8 Å². The van der Waals surface area contributed by atoms with E-state index in [1.807, 2.05) is 36.4 Å². The molecule has 0 saturated heterocycles. The summed E-state index contributed by atoms with van der Waals surface area (Å²) < 4.78 is 0. The van der Waals surface area contributed by atoms with Crippen LogP contribution in [0.3, 0.4) is 0 Å². The summed E-state index contributed by atoms with van der Waals surface area (Å²) in [7, 11) is 0. The van der Waals surface area contributed by atoms with Gasteiger partial charge in [-0.25, -0.2) is 15.0 Å². The summed E-state index contributed by atoms with van der Waals surface area (Å²) in [6, 6.07) is 15.2. The summed E-state index contributed by atoms with van der Waals surface area (Å²) in [6.07, 6.45) is 5.27. The molecule has 0 saturated carbocycles. The van der Waals surface area contributed by atoms with Gasteiger partial charge < -0.3 is 11.5 Å². The predicted molar refractivity (Wildman–Crippen MR) is 104 cm³/mol. The molecule has 0 aliphatic heterocycles. The fourth-order valence-electron chi connectivity index (χ4n) is 2.89. The number of aromatic nitrogens is 3. The molecule has 0 unspecified atom stereocenters. The minimum atomic E-state index is 0.0340. The molecular weight excluding hydrogens is 324 g/mol. The summed E-state index contributed by atoms with van der Waals surface area (Å²) in [5.74, 6) is 1.08. The van der Waals surface area contributed by atoms with Gasteiger partial charge in [-0.05, 0) is 5.39 Å². The molecule has 0 fully saturated rings. The summed E-state index contributed by atoms with van der Waals surface area (Å²) in [6.45, 7) is 0. The Morgan fingerprint density at radius 2 is 1.50 bits per heavy atom. The van der Waals surface area contributed by atoms with E-state index in [2.05, 4.69) is 15.0 Å². The molecule has 0 aliphatic rings. The van der Waals surface area contributed by atoms with Crippen molar-refractivity contribution in [3.63, 3.8) is 0 Å². The fraction of sp³-hybridized carbons (Fsp3) is 0. The number of hydrogen-bond donors (Lipinski definition) is 3. The normalized spacial score (nSPS) is 10.8. The highest BCUT2D eigenvalue weighted by molar-refractivity contribution is 6.00. The lowest BCUT2D eigenvalue weighted by molar-refractivity contribution is 1.18. The van der Waals surface area contributed by atoms with Crippen LogP contribution in [0.2, 0.25) is 0 Å². The second kappa shape index (κ2) is 6.25. The number of hydrogen-bond acceptors (Lipinski definition) is 5. The summed E-state index contributed by atoms with van der Waals surface area (Å²) >= 11 is 0. The standard InChI is InChI=1S/C20H16N6/c21-18(22)12-5-7-13(8-6-12)20-25-10-15(11-26-20)17-16-4-2-1-3-14(16)9-24-19(17)23/h1-11H,(H3,21,22)(H2,23,24). The average molecular weight is 340 g/mol. The van der Waals surface area contributed by atoms with Crippen molar-refractivity contribution >= 4 is 22.4 Å². The monoisotopic (exact) mass is 340 g/mol. The largest absolute Gasteiger partial charge is 0.384 e. The van der Waals surface area contributed by atoms with Crippen LogP contribution >= 0.6 is 0 Å². The molecule has 2 heterocycles. The molecule has 5 N–H and O–H groups in total. The predicted octanol–water partition coefficient (Wildman–Crippen LogP) is 3.23. The number of fused-ring (bicyclic) bond motifs is 1. The third-order valence-corrected chi connectivity index (χ3v) is 4.22. The zero-order valence-corrected chi connectivity index (χ0v) is 13.8. The van der Waals surface area contributed by atoms with E-state index in [0.717, 1.165) is 27.5 Å². The number of nitrogen functional groups attached to an aromatic ring is 2. The first-order valence-corrected chi connectivity index (χ1v) is 8.04.